The van der Waals surface area contributed by atoms with Crippen LogP contribution in [-0.2, 0) is 4.79 Å². The van der Waals surface area contributed by atoms with Crippen LogP contribution >= 0.6 is 11.3 Å². The van der Waals surface area contributed by atoms with Crippen LogP contribution in [0.25, 0.3) is 5.69 Å². The molecule has 0 aromatic carbocycles. The summed E-state index contributed by atoms with van der Waals surface area (Å²) in [6.45, 7) is 4.07. The van der Waals surface area contributed by atoms with E-state index in [2.05, 4.69) is 5.32 Å². The Morgan fingerprint density at radius 3 is 2.62 bits per heavy atom. The third-order valence-electron chi connectivity index (χ3n) is 4.42. The van der Waals surface area contributed by atoms with Crippen LogP contribution in [0.4, 0.5) is 0 Å². The van der Waals surface area contributed by atoms with E-state index in [1.165, 1.54) is 11.3 Å². The fraction of sp³-hybridized carbons (Fsp3) is 0.444. The molecule has 3 rings (SSSR count). The number of nitrogens with one attached hydrogen (secondary N) is 1. The lowest BCUT2D eigenvalue weighted by molar-refractivity contribution is -0.126. The standard InChI is InChI=1S/C18H23N3O2S/c1-2-8-19-17(22)14-5-11-21(12-6-14)18(23)16-15(7-13-24-16)20-9-3-4-10-20/h3-4,7,9-10,13-14H,2,5-6,8,11-12H2,1H3,(H,19,22). The molecule has 1 N–H and O–H groups in total. The van der Waals surface area contributed by atoms with E-state index in [4.69, 9.17) is 0 Å². The molecule has 1 aliphatic heterocycles. The SMILES string of the molecule is CCCNC(=O)C1CCN(C(=O)c2sccc2-n2cccc2)CC1. The number of hydrogen-bond acceptors (Lipinski definition) is 3. The summed E-state index contributed by atoms with van der Waals surface area (Å²) in [5.74, 6) is 0.238. The zero-order valence-electron chi connectivity index (χ0n) is 13.9. The second-order valence-corrected chi connectivity index (χ2v) is 7.00. The lowest BCUT2D eigenvalue weighted by Gasteiger charge is -2.31. The number of carbonyl (C=O) groups excluding carboxylic acids is 2. The summed E-state index contributed by atoms with van der Waals surface area (Å²) < 4.78 is 1.97. The summed E-state index contributed by atoms with van der Waals surface area (Å²) in [5.41, 5.74) is 0.929. The van der Waals surface area contributed by atoms with Gasteiger partial charge in [-0.1, -0.05) is 6.92 Å². The van der Waals surface area contributed by atoms with Gasteiger partial charge in [-0.05, 0) is 42.8 Å². The van der Waals surface area contributed by atoms with E-state index >= 15 is 0 Å². The molecule has 1 saturated heterocycles. The zero-order chi connectivity index (χ0) is 16.9. The van der Waals surface area contributed by atoms with E-state index in [0.29, 0.717) is 13.1 Å². The Hall–Kier alpha value is -2.08. The molecule has 1 fully saturated rings. The minimum Gasteiger partial charge on any atom is -0.356 e. The smallest absolute Gasteiger partial charge is 0.266 e. The van der Waals surface area contributed by atoms with Crippen LogP contribution in [0, 0.1) is 5.92 Å². The molecule has 3 heterocycles. The first-order valence-electron chi connectivity index (χ1n) is 8.48. The van der Waals surface area contributed by atoms with Crippen LogP contribution < -0.4 is 5.32 Å². The first-order chi connectivity index (χ1) is 11.7. The average molecular weight is 345 g/mol. The Balaban J connectivity index is 1.62. The predicted octanol–water partition coefficient (Wildman–Crippen LogP) is 2.92. The third kappa shape index (κ3) is 3.53. The van der Waals surface area contributed by atoms with Crippen LogP contribution in [0.2, 0.25) is 0 Å². The van der Waals surface area contributed by atoms with Crippen molar-refractivity contribution >= 4 is 23.2 Å². The highest BCUT2D eigenvalue weighted by atomic mass is 32.1. The molecule has 24 heavy (non-hydrogen) atoms. The largest absolute Gasteiger partial charge is 0.356 e. The van der Waals surface area contributed by atoms with E-state index in [1.807, 2.05) is 52.4 Å². The highest BCUT2D eigenvalue weighted by Crippen LogP contribution is 2.26. The van der Waals surface area contributed by atoms with Gasteiger partial charge in [-0.25, -0.2) is 0 Å². The number of thiophene rings is 1. The van der Waals surface area contributed by atoms with E-state index in [9.17, 15) is 9.59 Å². The van der Waals surface area contributed by atoms with Crippen LogP contribution in [0.1, 0.15) is 35.9 Å². The van der Waals surface area contributed by atoms with Crippen molar-refractivity contribution < 1.29 is 9.59 Å². The van der Waals surface area contributed by atoms with Gasteiger partial charge in [0.15, 0.2) is 0 Å². The summed E-state index contributed by atoms with van der Waals surface area (Å²) in [6, 6.07) is 5.88. The van der Waals surface area contributed by atoms with Crippen molar-refractivity contribution in [1.29, 1.82) is 0 Å². The summed E-state index contributed by atoms with van der Waals surface area (Å²) in [4.78, 5) is 27.5. The Morgan fingerprint density at radius 2 is 1.96 bits per heavy atom. The van der Waals surface area contributed by atoms with Crippen LogP contribution in [-0.4, -0.2) is 40.9 Å². The van der Waals surface area contributed by atoms with E-state index < -0.39 is 0 Å². The Labute approximate surface area is 146 Å². The summed E-state index contributed by atoms with van der Waals surface area (Å²) >= 11 is 1.48. The van der Waals surface area contributed by atoms with Gasteiger partial charge in [0.25, 0.3) is 5.91 Å². The first kappa shape index (κ1) is 16.8. The van der Waals surface area contributed by atoms with Gasteiger partial charge in [-0.3, -0.25) is 9.59 Å². The van der Waals surface area contributed by atoms with Gasteiger partial charge in [0.2, 0.25) is 5.91 Å². The maximum Gasteiger partial charge on any atom is 0.266 e. The van der Waals surface area contributed by atoms with Crippen LogP contribution in [0.15, 0.2) is 36.0 Å². The highest BCUT2D eigenvalue weighted by Gasteiger charge is 2.29. The maximum absolute atomic E-state index is 12.8. The molecule has 0 spiro atoms. The van der Waals surface area contributed by atoms with E-state index in [1.54, 1.807) is 0 Å². The molecule has 128 valence electrons. The fourth-order valence-corrected chi connectivity index (χ4v) is 3.90. The molecule has 0 atom stereocenters. The number of amides is 2. The van der Waals surface area contributed by atoms with Gasteiger partial charge in [-0.2, -0.15) is 0 Å². The van der Waals surface area contributed by atoms with Gasteiger partial charge in [0.1, 0.15) is 4.88 Å². The van der Waals surface area contributed by atoms with Crippen molar-refractivity contribution in [2.75, 3.05) is 19.6 Å². The van der Waals surface area contributed by atoms with Crippen molar-refractivity contribution in [2.45, 2.75) is 26.2 Å². The highest BCUT2D eigenvalue weighted by molar-refractivity contribution is 7.12. The lowest BCUT2D eigenvalue weighted by atomic mass is 9.95. The van der Waals surface area contributed by atoms with Crippen molar-refractivity contribution in [3.63, 3.8) is 0 Å². The van der Waals surface area contributed by atoms with E-state index in [0.717, 1.165) is 36.4 Å². The molecular formula is C18H23N3O2S. The number of carbonyl (C=O) groups is 2. The summed E-state index contributed by atoms with van der Waals surface area (Å²) in [5, 5.41) is 4.91. The second-order valence-electron chi connectivity index (χ2n) is 6.08. The Kier molecular flexibility index (Phi) is 5.35. The minimum absolute atomic E-state index is 0.0351. The number of rotatable bonds is 5. The number of likely N-dealkylation sites (tertiary alicyclic amines) is 1. The molecule has 0 aliphatic carbocycles. The van der Waals surface area contributed by atoms with Gasteiger partial charge in [-0.15, -0.1) is 11.3 Å². The molecule has 2 aromatic rings. The van der Waals surface area contributed by atoms with Gasteiger partial charge < -0.3 is 14.8 Å². The molecule has 0 saturated carbocycles. The molecule has 5 nitrogen and oxygen atoms in total. The molecule has 2 amide bonds. The normalized spacial score (nSPS) is 15.5. The predicted molar refractivity (Wildman–Crippen MR) is 95.6 cm³/mol. The second kappa shape index (κ2) is 7.66. The molecule has 1 aliphatic rings. The van der Waals surface area contributed by atoms with E-state index in [-0.39, 0.29) is 17.7 Å². The Morgan fingerprint density at radius 1 is 1.25 bits per heavy atom. The Bertz CT molecular complexity index is 685. The van der Waals surface area contributed by atoms with Gasteiger partial charge in [0, 0.05) is 37.9 Å². The molecule has 6 heteroatoms. The summed E-state index contributed by atoms with van der Waals surface area (Å²) in [7, 11) is 0. The summed E-state index contributed by atoms with van der Waals surface area (Å²) in [6.07, 6.45) is 6.33. The van der Waals surface area contributed by atoms with Gasteiger partial charge >= 0.3 is 0 Å². The number of nitrogens with zero attached hydrogens (tertiary/aromatic N) is 2. The van der Waals surface area contributed by atoms with Crippen LogP contribution in [0.3, 0.4) is 0 Å². The molecule has 0 bridgehead atoms. The minimum atomic E-state index is 0.0351. The first-order valence-corrected chi connectivity index (χ1v) is 9.36. The number of piperidine rings is 1. The molecule has 0 unspecified atom stereocenters. The fourth-order valence-electron chi connectivity index (χ4n) is 3.04. The lowest BCUT2D eigenvalue weighted by Crippen LogP contribution is -2.43. The number of hydrogen-bond donors (Lipinski definition) is 1. The zero-order valence-corrected chi connectivity index (χ0v) is 14.7. The van der Waals surface area contributed by atoms with Crippen molar-refractivity contribution in [1.82, 2.24) is 14.8 Å². The average Bonchev–Trinajstić information content (AvgIpc) is 3.29. The number of aromatic nitrogens is 1. The quantitative estimate of drug-likeness (QED) is 0.906. The molecule has 2 aromatic heterocycles. The van der Waals surface area contributed by atoms with Crippen molar-refractivity contribution in [3.8, 4) is 5.69 Å². The van der Waals surface area contributed by atoms with Crippen molar-refractivity contribution in [2.24, 2.45) is 5.92 Å². The monoisotopic (exact) mass is 345 g/mol. The van der Waals surface area contributed by atoms with Crippen LogP contribution in [0.5, 0.6) is 0 Å². The topological polar surface area (TPSA) is 54.3 Å². The van der Waals surface area contributed by atoms with Gasteiger partial charge in [0.05, 0.1) is 5.69 Å². The molecular weight excluding hydrogens is 322 g/mol. The van der Waals surface area contributed by atoms with Crippen molar-refractivity contribution in [3.05, 3.63) is 40.8 Å². The maximum atomic E-state index is 12.8. The third-order valence-corrected chi connectivity index (χ3v) is 5.32. The molecule has 0 radical (unpaired) electrons.